The normalized spacial score (nSPS) is 15.6. The number of aryl methyl sites for hydroxylation is 2. The molecule has 1 aliphatic heterocycles. The Labute approximate surface area is 166 Å². The van der Waals surface area contributed by atoms with Crippen molar-refractivity contribution in [2.24, 2.45) is 0 Å². The van der Waals surface area contributed by atoms with Crippen molar-refractivity contribution in [3.8, 4) is 0 Å². The molecule has 0 saturated carbocycles. The molecule has 7 nitrogen and oxygen atoms in total. The Kier molecular flexibility index (Phi) is 5.67. The summed E-state index contributed by atoms with van der Waals surface area (Å²) in [4.78, 5) is 1.32. The highest BCUT2D eigenvalue weighted by molar-refractivity contribution is 7.98. The van der Waals surface area contributed by atoms with Crippen molar-refractivity contribution in [1.82, 2.24) is 19.1 Å². The summed E-state index contributed by atoms with van der Waals surface area (Å²) in [6, 6.07) is 7.44. The molecule has 0 N–H and O–H groups in total. The number of aromatic nitrogens is 3. The summed E-state index contributed by atoms with van der Waals surface area (Å²) in [5, 5.41) is 11.1. The number of furan rings is 1. The van der Waals surface area contributed by atoms with Gasteiger partial charge in [0.2, 0.25) is 5.09 Å². The van der Waals surface area contributed by atoms with Crippen molar-refractivity contribution in [3.05, 3.63) is 46.6 Å². The van der Waals surface area contributed by atoms with Crippen LogP contribution in [0.2, 0.25) is 0 Å². The van der Waals surface area contributed by atoms with Crippen molar-refractivity contribution in [2.45, 2.75) is 41.8 Å². The van der Waals surface area contributed by atoms with Crippen molar-refractivity contribution >= 4 is 33.1 Å². The summed E-state index contributed by atoms with van der Waals surface area (Å²) in [7, 11) is -3.51. The standard InChI is InChI=1S/C17H20N4O3S3/c22-27(23,21-8-1-2-9-21)16-6-5-14(24-16)12-26-17-19-18-13-20(17)10-7-15-4-3-11-25-15/h3-6,11,13H,1-2,7-10,12H2. The SMILES string of the molecule is O=S(=O)(c1ccc(CSc2nncn2CCc2cccs2)o1)N1CCCC1. The van der Waals surface area contributed by atoms with E-state index in [4.69, 9.17) is 4.42 Å². The number of thiophene rings is 1. The maximum atomic E-state index is 12.5. The van der Waals surface area contributed by atoms with Crippen LogP contribution < -0.4 is 0 Å². The molecule has 144 valence electrons. The first kappa shape index (κ1) is 18.7. The Balaban J connectivity index is 1.37. The Bertz CT molecular complexity index is 973. The first-order chi connectivity index (χ1) is 13.1. The molecular formula is C17H20N4O3S3. The van der Waals surface area contributed by atoms with Crippen molar-refractivity contribution < 1.29 is 12.8 Å². The van der Waals surface area contributed by atoms with E-state index in [1.54, 1.807) is 29.8 Å². The second kappa shape index (κ2) is 8.17. The lowest BCUT2D eigenvalue weighted by atomic mass is 10.3. The molecule has 4 heterocycles. The molecule has 0 unspecified atom stereocenters. The number of nitrogens with zero attached hydrogens (tertiary/aromatic N) is 4. The van der Waals surface area contributed by atoms with Gasteiger partial charge in [-0.2, -0.15) is 4.31 Å². The predicted molar refractivity (Wildman–Crippen MR) is 104 cm³/mol. The van der Waals surface area contributed by atoms with Crippen LogP contribution in [0.15, 0.2) is 50.6 Å². The molecule has 0 atom stereocenters. The largest absolute Gasteiger partial charge is 0.447 e. The molecule has 3 aromatic rings. The molecule has 0 bridgehead atoms. The molecule has 0 spiro atoms. The molecule has 3 aromatic heterocycles. The van der Waals surface area contributed by atoms with Gasteiger partial charge in [-0.15, -0.1) is 21.5 Å². The lowest BCUT2D eigenvalue weighted by Gasteiger charge is -2.12. The third kappa shape index (κ3) is 4.29. The Morgan fingerprint density at radius 3 is 2.85 bits per heavy atom. The third-order valence-electron chi connectivity index (χ3n) is 4.40. The second-order valence-corrected chi connectivity index (χ2v) is 10.1. The van der Waals surface area contributed by atoms with Crippen molar-refractivity contribution in [1.29, 1.82) is 0 Å². The van der Waals surface area contributed by atoms with Gasteiger partial charge in [-0.3, -0.25) is 0 Å². The minimum atomic E-state index is -3.51. The number of hydrogen-bond acceptors (Lipinski definition) is 7. The molecule has 0 amide bonds. The Hall–Kier alpha value is -1.62. The van der Waals surface area contributed by atoms with Gasteiger partial charge >= 0.3 is 0 Å². The van der Waals surface area contributed by atoms with Crippen LogP contribution in [-0.4, -0.2) is 40.6 Å². The van der Waals surface area contributed by atoms with Gasteiger partial charge in [0.25, 0.3) is 10.0 Å². The van der Waals surface area contributed by atoms with E-state index >= 15 is 0 Å². The van der Waals surface area contributed by atoms with Crippen LogP contribution in [0.25, 0.3) is 0 Å². The van der Waals surface area contributed by atoms with E-state index in [0.717, 1.165) is 31.0 Å². The molecule has 1 saturated heterocycles. The van der Waals surface area contributed by atoms with Gasteiger partial charge in [0.05, 0.1) is 5.75 Å². The molecule has 0 aromatic carbocycles. The Morgan fingerprint density at radius 1 is 1.22 bits per heavy atom. The van der Waals surface area contributed by atoms with Crippen molar-refractivity contribution in [3.63, 3.8) is 0 Å². The van der Waals surface area contributed by atoms with Crippen LogP contribution in [0.5, 0.6) is 0 Å². The highest BCUT2D eigenvalue weighted by Crippen LogP contribution is 2.26. The molecule has 1 aliphatic rings. The minimum absolute atomic E-state index is 0.0270. The zero-order valence-corrected chi connectivity index (χ0v) is 17.1. The summed E-state index contributed by atoms with van der Waals surface area (Å²) in [6.45, 7) is 1.95. The van der Waals surface area contributed by atoms with E-state index in [1.165, 1.54) is 20.9 Å². The summed E-state index contributed by atoms with van der Waals surface area (Å²) in [6.07, 6.45) is 4.47. The summed E-state index contributed by atoms with van der Waals surface area (Å²) >= 11 is 3.23. The topological polar surface area (TPSA) is 81.2 Å². The summed E-state index contributed by atoms with van der Waals surface area (Å²) in [5.74, 6) is 1.12. The van der Waals surface area contributed by atoms with Crippen LogP contribution in [0, 0.1) is 0 Å². The van der Waals surface area contributed by atoms with E-state index in [9.17, 15) is 8.42 Å². The Morgan fingerprint density at radius 2 is 2.07 bits per heavy atom. The van der Waals surface area contributed by atoms with E-state index in [2.05, 4.69) is 21.6 Å². The fourth-order valence-electron chi connectivity index (χ4n) is 2.96. The van der Waals surface area contributed by atoms with Gasteiger partial charge in [-0.1, -0.05) is 17.8 Å². The fraction of sp³-hybridized carbons (Fsp3) is 0.412. The average molecular weight is 425 g/mol. The smallest absolute Gasteiger partial charge is 0.276 e. The molecule has 27 heavy (non-hydrogen) atoms. The zero-order chi connectivity index (χ0) is 18.7. The van der Waals surface area contributed by atoms with Crippen LogP contribution in [-0.2, 0) is 28.7 Å². The molecule has 0 radical (unpaired) electrons. The van der Waals surface area contributed by atoms with Gasteiger partial charge in [0.1, 0.15) is 12.1 Å². The molecule has 1 fully saturated rings. The summed E-state index contributed by atoms with van der Waals surface area (Å²) < 4.78 is 34.2. The maximum absolute atomic E-state index is 12.5. The maximum Gasteiger partial charge on any atom is 0.276 e. The van der Waals surface area contributed by atoms with Crippen molar-refractivity contribution in [2.75, 3.05) is 13.1 Å². The van der Waals surface area contributed by atoms with Gasteiger partial charge in [-0.25, -0.2) is 8.42 Å². The van der Waals surface area contributed by atoms with E-state index in [-0.39, 0.29) is 5.09 Å². The van der Waals surface area contributed by atoms with Crippen LogP contribution in [0.4, 0.5) is 0 Å². The number of thioether (sulfide) groups is 1. The van der Waals surface area contributed by atoms with Gasteiger partial charge in [-0.05, 0) is 42.8 Å². The van der Waals surface area contributed by atoms with Crippen LogP contribution >= 0.6 is 23.1 Å². The fourth-order valence-corrected chi connectivity index (χ4v) is 5.94. The minimum Gasteiger partial charge on any atom is -0.447 e. The first-order valence-corrected chi connectivity index (χ1v) is 12.1. The van der Waals surface area contributed by atoms with E-state index in [0.29, 0.717) is 24.6 Å². The molecular weight excluding hydrogens is 404 g/mol. The quantitative estimate of drug-likeness (QED) is 0.516. The third-order valence-corrected chi connectivity index (χ3v) is 8.11. The highest BCUT2D eigenvalue weighted by Gasteiger charge is 2.29. The van der Waals surface area contributed by atoms with E-state index < -0.39 is 10.0 Å². The monoisotopic (exact) mass is 424 g/mol. The van der Waals surface area contributed by atoms with Crippen LogP contribution in [0.1, 0.15) is 23.5 Å². The zero-order valence-electron chi connectivity index (χ0n) is 14.7. The molecule has 4 rings (SSSR count). The molecule has 10 heteroatoms. The predicted octanol–water partition coefficient (Wildman–Crippen LogP) is 3.25. The number of rotatable bonds is 8. The second-order valence-electron chi connectivity index (χ2n) is 6.26. The lowest BCUT2D eigenvalue weighted by Crippen LogP contribution is -2.27. The van der Waals surface area contributed by atoms with Gasteiger partial charge in [0.15, 0.2) is 5.16 Å². The molecule has 0 aliphatic carbocycles. The van der Waals surface area contributed by atoms with E-state index in [1.807, 2.05) is 10.6 Å². The number of hydrogen-bond donors (Lipinski definition) is 0. The van der Waals surface area contributed by atoms with Gasteiger partial charge in [0, 0.05) is 24.5 Å². The number of sulfonamides is 1. The van der Waals surface area contributed by atoms with Gasteiger partial charge < -0.3 is 8.98 Å². The first-order valence-electron chi connectivity index (χ1n) is 8.75. The highest BCUT2D eigenvalue weighted by atomic mass is 32.2. The lowest BCUT2D eigenvalue weighted by molar-refractivity contribution is 0.397. The van der Waals surface area contributed by atoms with Crippen LogP contribution in [0.3, 0.4) is 0 Å². The average Bonchev–Trinajstić information content (AvgIpc) is 3.47. The summed E-state index contributed by atoms with van der Waals surface area (Å²) in [5.41, 5.74) is 0.